The van der Waals surface area contributed by atoms with E-state index in [1.165, 1.54) is 4.90 Å². The minimum absolute atomic E-state index is 0.219. The molecule has 3 rings (SSSR count). The van der Waals surface area contributed by atoms with Crippen LogP contribution in [0.1, 0.15) is 27.4 Å². The highest BCUT2D eigenvalue weighted by molar-refractivity contribution is 7.98. The molecule has 1 amide bonds. The van der Waals surface area contributed by atoms with Gasteiger partial charge in [-0.1, -0.05) is 36.4 Å². The Kier molecular flexibility index (Phi) is 5.06. The number of anilines is 1. The van der Waals surface area contributed by atoms with Crippen LogP contribution in [-0.2, 0) is 5.75 Å². The van der Waals surface area contributed by atoms with Crippen molar-refractivity contribution in [1.82, 2.24) is 0 Å². The minimum atomic E-state index is -0.219. The molecule has 0 unspecified atom stereocenters. The van der Waals surface area contributed by atoms with Gasteiger partial charge in [-0.05, 0) is 49.2 Å². The van der Waals surface area contributed by atoms with Gasteiger partial charge in [-0.2, -0.15) is 0 Å². The van der Waals surface area contributed by atoms with Crippen molar-refractivity contribution in [3.05, 3.63) is 83.3 Å². The Hall–Kier alpha value is -2.46. The molecule has 122 valence electrons. The Morgan fingerprint density at radius 3 is 2.38 bits per heavy atom. The Morgan fingerprint density at radius 1 is 0.958 bits per heavy atom. The number of carbonyl (C=O) groups excluding carboxylic acids is 1. The first-order valence-corrected chi connectivity index (χ1v) is 8.76. The molecule has 24 heavy (non-hydrogen) atoms. The molecule has 1 N–H and O–H groups in total. The third kappa shape index (κ3) is 3.89. The van der Waals surface area contributed by atoms with Crippen molar-refractivity contribution in [2.24, 2.45) is 0 Å². The zero-order chi connectivity index (χ0) is 16.9. The Balaban J connectivity index is 1.65. The van der Waals surface area contributed by atoms with Crippen LogP contribution in [0.3, 0.4) is 0 Å². The third-order valence-electron chi connectivity index (χ3n) is 3.73. The summed E-state index contributed by atoms with van der Waals surface area (Å²) in [5.41, 5.74) is 2.92. The zero-order valence-corrected chi connectivity index (χ0v) is 14.5. The van der Waals surface area contributed by atoms with E-state index in [9.17, 15) is 4.79 Å². The molecule has 0 spiro atoms. The highest BCUT2D eigenvalue weighted by Gasteiger charge is 2.13. The van der Waals surface area contributed by atoms with Crippen molar-refractivity contribution in [2.45, 2.75) is 24.5 Å². The van der Waals surface area contributed by atoms with Gasteiger partial charge >= 0.3 is 0 Å². The molecular weight excluding hydrogens is 318 g/mol. The maximum atomic E-state index is 12.4. The maximum Gasteiger partial charge on any atom is 0.291 e. The quantitative estimate of drug-likeness (QED) is 0.630. The molecule has 1 heterocycles. The predicted molar refractivity (Wildman–Crippen MR) is 98.6 cm³/mol. The largest absolute Gasteiger partial charge is 0.455 e. The summed E-state index contributed by atoms with van der Waals surface area (Å²) >= 11 is 1.68. The van der Waals surface area contributed by atoms with Gasteiger partial charge in [0.15, 0.2) is 5.76 Å². The summed E-state index contributed by atoms with van der Waals surface area (Å²) in [4.78, 5) is 13.6. The topological polar surface area (TPSA) is 42.2 Å². The van der Waals surface area contributed by atoms with Gasteiger partial charge in [0.2, 0.25) is 0 Å². The van der Waals surface area contributed by atoms with Crippen molar-refractivity contribution in [3.63, 3.8) is 0 Å². The molecule has 0 saturated carbocycles. The minimum Gasteiger partial charge on any atom is -0.455 e. The molecule has 2 aromatic carbocycles. The molecule has 0 aliphatic heterocycles. The fourth-order valence-corrected chi connectivity index (χ4v) is 3.25. The molecular formula is C20H19NO2S. The second kappa shape index (κ2) is 7.41. The lowest BCUT2D eigenvalue weighted by molar-refractivity contribution is 0.0995. The second-order valence-electron chi connectivity index (χ2n) is 5.59. The van der Waals surface area contributed by atoms with Crippen LogP contribution in [0.15, 0.2) is 70.0 Å². The SMILES string of the molecule is Cc1cccc(C)c1NC(=O)c1ccc(CSc2ccccc2)o1. The number of benzene rings is 2. The summed E-state index contributed by atoms with van der Waals surface area (Å²) < 4.78 is 5.69. The van der Waals surface area contributed by atoms with Crippen LogP contribution in [0.25, 0.3) is 0 Å². The van der Waals surface area contributed by atoms with Gasteiger partial charge in [0.1, 0.15) is 5.76 Å². The number of aryl methyl sites for hydroxylation is 2. The highest BCUT2D eigenvalue weighted by atomic mass is 32.2. The van der Waals surface area contributed by atoms with E-state index in [4.69, 9.17) is 4.42 Å². The fourth-order valence-electron chi connectivity index (χ4n) is 2.44. The number of hydrogen-bond acceptors (Lipinski definition) is 3. The van der Waals surface area contributed by atoms with Crippen molar-refractivity contribution < 1.29 is 9.21 Å². The lowest BCUT2D eigenvalue weighted by Gasteiger charge is -2.10. The van der Waals surface area contributed by atoms with Crippen molar-refractivity contribution in [2.75, 3.05) is 5.32 Å². The van der Waals surface area contributed by atoms with Gasteiger partial charge in [-0.15, -0.1) is 11.8 Å². The fraction of sp³-hybridized carbons (Fsp3) is 0.150. The van der Waals surface area contributed by atoms with Crippen molar-refractivity contribution >= 4 is 23.4 Å². The number of nitrogens with one attached hydrogen (secondary N) is 1. The van der Waals surface area contributed by atoms with E-state index in [0.29, 0.717) is 11.5 Å². The van der Waals surface area contributed by atoms with Crippen LogP contribution in [0.2, 0.25) is 0 Å². The van der Waals surface area contributed by atoms with Gasteiger partial charge in [0.05, 0.1) is 5.75 Å². The molecule has 3 aromatic rings. The number of rotatable bonds is 5. The molecule has 0 atom stereocenters. The van der Waals surface area contributed by atoms with Gasteiger partial charge in [0, 0.05) is 10.6 Å². The predicted octanol–water partition coefficient (Wildman–Crippen LogP) is 5.44. The van der Waals surface area contributed by atoms with Crippen LogP contribution in [0.5, 0.6) is 0 Å². The van der Waals surface area contributed by atoms with Gasteiger partial charge < -0.3 is 9.73 Å². The van der Waals surface area contributed by atoms with E-state index in [2.05, 4.69) is 17.4 Å². The standard InChI is InChI=1S/C20H19NO2S/c1-14-7-6-8-15(2)19(14)21-20(22)18-12-11-16(23-18)13-24-17-9-4-3-5-10-17/h3-12H,13H2,1-2H3,(H,21,22). The summed E-state index contributed by atoms with van der Waals surface area (Å²) in [5.74, 6) is 1.60. The lowest BCUT2D eigenvalue weighted by Crippen LogP contribution is -2.12. The molecule has 3 nitrogen and oxygen atoms in total. The number of amides is 1. The summed E-state index contributed by atoms with van der Waals surface area (Å²) in [7, 11) is 0. The first-order chi connectivity index (χ1) is 11.6. The van der Waals surface area contributed by atoms with E-state index >= 15 is 0 Å². The van der Waals surface area contributed by atoms with Crippen molar-refractivity contribution in [3.8, 4) is 0 Å². The van der Waals surface area contributed by atoms with Crippen LogP contribution in [0.4, 0.5) is 5.69 Å². The third-order valence-corrected chi connectivity index (χ3v) is 4.76. The summed E-state index contributed by atoms with van der Waals surface area (Å²) in [6.45, 7) is 3.96. The lowest BCUT2D eigenvalue weighted by atomic mass is 10.1. The van der Waals surface area contributed by atoms with E-state index in [-0.39, 0.29) is 5.91 Å². The number of hydrogen-bond donors (Lipinski definition) is 1. The Labute approximate surface area is 146 Å². The number of furan rings is 1. The number of carbonyl (C=O) groups is 1. The van der Waals surface area contributed by atoms with Crippen LogP contribution >= 0.6 is 11.8 Å². The smallest absolute Gasteiger partial charge is 0.291 e. The monoisotopic (exact) mass is 337 g/mol. The molecule has 0 bridgehead atoms. The van der Waals surface area contributed by atoms with E-state index < -0.39 is 0 Å². The van der Waals surface area contributed by atoms with Gasteiger partial charge in [0.25, 0.3) is 5.91 Å². The summed E-state index contributed by atoms with van der Waals surface area (Å²) in [6.07, 6.45) is 0. The first kappa shape index (κ1) is 16.4. The first-order valence-electron chi connectivity index (χ1n) is 7.77. The molecule has 0 fully saturated rings. The average Bonchev–Trinajstić information content (AvgIpc) is 3.06. The molecule has 0 saturated heterocycles. The van der Waals surface area contributed by atoms with E-state index in [1.807, 2.05) is 56.3 Å². The van der Waals surface area contributed by atoms with Gasteiger partial charge in [-0.3, -0.25) is 4.79 Å². The zero-order valence-electron chi connectivity index (χ0n) is 13.7. The summed E-state index contributed by atoms with van der Waals surface area (Å²) in [5, 5.41) is 2.94. The second-order valence-corrected chi connectivity index (χ2v) is 6.64. The average molecular weight is 337 g/mol. The normalized spacial score (nSPS) is 10.6. The summed E-state index contributed by atoms with van der Waals surface area (Å²) in [6, 6.07) is 19.6. The molecule has 4 heteroatoms. The van der Waals surface area contributed by atoms with Gasteiger partial charge in [-0.25, -0.2) is 0 Å². The van der Waals surface area contributed by atoms with Crippen LogP contribution in [-0.4, -0.2) is 5.91 Å². The van der Waals surface area contributed by atoms with Crippen LogP contribution < -0.4 is 5.32 Å². The number of thioether (sulfide) groups is 1. The molecule has 1 aromatic heterocycles. The molecule has 0 aliphatic rings. The molecule has 0 radical (unpaired) electrons. The van der Waals surface area contributed by atoms with Crippen molar-refractivity contribution in [1.29, 1.82) is 0 Å². The Bertz CT molecular complexity index is 820. The Morgan fingerprint density at radius 2 is 1.67 bits per heavy atom. The van der Waals surface area contributed by atoms with Crippen LogP contribution in [0, 0.1) is 13.8 Å². The number of para-hydroxylation sites is 1. The highest BCUT2D eigenvalue weighted by Crippen LogP contribution is 2.24. The maximum absolute atomic E-state index is 12.4. The van der Waals surface area contributed by atoms with E-state index in [0.717, 1.165) is 22.6 Å². The molecule has 0 aliphatic carbocycles. The van der Waals surface area contributed by atoms with E-state index in [1.54, 1.807) is 17.8 Å².